The van der Waals surface area contributed by atoms with Crippen LogP contribution >= 0.6 is 0 Å². The second kappa shape index (κ2) is 44.8. The van der Waals surface area contributed by atoms with E-state index in [4.69, 9.17) is 23.7 Å². The molecule has 0 aromatic heterocycles. The fourth-order valence-corrected chi connectivity index (χ4v) is 9.35. The Morgan fingerprint density at radius 2 is 0.769 bits per heavy atom. The first kappa shape index (κ1) is 61.3. The summed E-state index contributed by atoms with van der Waals surface area (Å²) in [7, 11) is 4.16. The molecule has 0 heterocycles. The number of hydrogen-bond donors (Lipinski definition) is 0. The van der Waals surface area contributed by atoms with E-state index < -0.39 is 0 Å². The number of carbonyl (C=O) groups is 3. The predicted octanol–water partition coefficient (Wildman–Crippen LogP) is 15.1. The van der Waals surface area contributed by atoms with Crippen LogP contribution in [-0.4, -0.2) is 88.2 Å². The van der Waals surface area contributed by atoms with Crippen molar-refractivity contribution in [2.45, 2.75) is 284 Å². The van der Waals surface area contributed by atoms with Crippen LogP contribution in [0.25, 0.3) is 0 Å². The van der Waals surface area contributed by atoms with Crippen molar-refractivity contribution in [1.29, 1.82) is 0 Å². The molecule has 0 amide bonds. The molecule has 0 aromatic rings. The summed E-state index contributed by atoms with van der Waals surface area (Å²) in [5.74, 6) is 1.21. The molecule has 1 rings (SSSR count). The number of carbonyl (C=O) groups excluding carboxylic acids is 3. The highest BCUT2D eigenvalue weighted by molar-refractivity contribution is 5.70. The van der Waals surface area contributed by atoms with Gasteiger partial charge in [-0.15, -0.1) is 0 Å². The van der Waals surface area contributed by atoms with Gasteiger partial charge in [-0.1, -0.05) is 182 Å². The molecule has 3 unspecified atom stereocenters. The highest BCUT2D eigenvalue weighted by Gasteiger charge is 2.37. The summed E-state index contributed by atoms with van der Waals surface area (Å²) >= 11 is 0. The molecular weight excluding hydrogens is 815 g/mol. The molecule has 0 saturated heterocycles. The molecule has 0 radical (unpaired) electrons. The normalized spacial score (nSPS) is 16.3. The average molecular weight is 922 g/mol. The first-order chi connectivity index (χ1) is 31.7. The third-order valence-corrected chi connectivity index (χ3v) is 13.6. The van der Waals surface area contributed by atoms with Crippen molar-refractivity contribution in [2.75, 3.05) is 47.1 Å². The Labute approximate surface area is 402 Å². The van der Waals surface area contributed by atoms with Crippen molar-refractivity contribution >= 4 is 17.9 Å². The van der Waals surface area contributed by atoms with Crippen molar-refractivity contribution in [2.24, 2.45) is 11.8 Å². The lowest BCUT2D eigenvalue weighted by Gasteiger charge is -2.20. The quantitative estimate of drug-likeness (QED) is 0.0335. The number of hydrogen-bond acceptors (Lipinski definition) is 9. The minimum Gasteiger partial charge on any atom is -0.466 e. The minimum atomic E-state index is -0.156. The largest absolute Gasteiger partial charge is 0.466 e. The van der Waals surface area contributed by atoms with Crippen molar-refractivity contribution < 1.29 is 38.1 Å². The third kappa shape index (κ3) is 37.9. The van der Waals surface area contributed by atoms with Gasteiger partial charge in [0, 0.05) is 45.3 Å². The van der Waals surface area contributed by atoms with Gasteiger partial charge in [0.15, 0.2) is 0 Å². The zero-order chi connectivity index (χ0) is 47.4. The van der Waals surface area contributed by atoms with Crippen LogP contribution in [0, 0.1) is 11.8 Å². The first-order valence-corrected chi connectivity index (χ1v) is 28.1. The molecule has 0 aromatic carbocycles. The van der Waals surface area contributed by atoms with Gasteiger partial charge in [-0.05, 0) is 83.8 Å². The van der Waals surface area contributed by atoms with Gasteiger partial charge in [-0.25, -0.2) is 0 Å². The van der Waals surface area contributed by atoms with Gasteiger partial charge in [0.1, 0.15) is 6.10 Å². The van der Waals surface area contributed by atoms with Crippen LogP contribution in [0.1, 0.15) is 265 Å². The van der Waals surface area contributed by atoms with Gasteiger partial charge >= 0.3 is 17.9 Å². The van der Waals surface area contributed by atoms with Crippen LogP contribution < -0.4 is 0 Å². The van der Waals surface area contributed by atoms with E-state index in [2.05, 4.69) is 46.7 Å². The van der Waals surface area contributed by atoms with Crippen LogP contribution in [0.15, 0.2) is 0 Å². The molecule has 1 aliphatic carbocycles. The summed E-state index contributed by atoms with van der Waals surface area (Å²) in [5, 5.41) is 0. The van der Waals surface area contributed by atoms with Gasteiger partial charge in [0.25, 0.3) is 0 Å². The van der Waals surface area contributed by atoms with Crippen LogP contribution in [0.4, 0.5) is 0 Å². The fourth-order valence-electron chi connectivity index (χ4n) is 9.35. The summed E-state index contributed by atoms with van der Waals surface area (Å²) < 4.78 is 30.1. The Hall–Kier alpha value is -1.71. The number of unbranched alkanes of at least 4 members (excludes halogenated alkanes) is 19. The lowest BCUT2D eigenvalue weighted by molar-refractivity contribution is -0.149. The van der Waals surface area contributed by atoms with Gasteiger partial charge in [0.2, 0.25) is 0 Å². The number of nitrogens with zero attached hydrogens (tertiary/aromatic N) is 1. The Kier molecular flexibility index (Phi) is 42.2. The maximum absolute atomic E-state index is 12.7. The lowest BCUT2D eigenvalue weighted by atomic mass is 9.92. The topological polar surface area (TPSA) is 101 Å². The third-order valence-electron chi connectivity index (χ3n) is 13.6. The van der Waals surface area contributed by atoms with E-state index in [1.165, 1.54) is 103 Å². The van der Waals surface area contributed by atoms with Crippen LogP contribution in [0.3, 0.4) is 0 Å². The molecule has 65 heavy (non-hydrogen) atoms. The summed E-state index contributed by atoms with van der Waals surface area (Å²) in [6, 6.07) is 0. The molecule has 0 bridgehead atoms. The maximum Gasteiger partial charge on any atom is 0.306 e. The average Bonchev–Trinajstić information content (AvgIpc) is 3.66. The van der Waals surface area contributed by atoms with Gasteiger partial charge in [-0.2, -0.15) is 0 Å². The highest BCUT2D eigenvalue weighted by atomic mass is 16.6. The van der Waals surface area contributed by atoms with E-state index in [0.29, 0.717) is 70.4 Å². The zero-order valence-corrected chi connectivity index (χ0v) is 43.8. The predicted molar refractivity (Wildman–Crippen MR) is 270 cm³/mol. The van der Waals surface area contributed by atoms with Gasteiger partial charge < -0.3 is 28.6 Å². The summed E-state index contributed by atoms with van der Waals surface area (Å²) in [4.78, 5) is 39.7. The number of ether oxygens (including phenoxy) is 5. The molecular formula is C56H107NO8. The molecule has 9 nitrogen and oxygen atoms in total. The van der Waals surface area contributed by atoms with Gasteiger partial charge in [-0.3, -0.25) is 14.4 Å². The summed E-state index contributed by atoms with van der Waals surface area (Å²) in [5.41, 5.74) is 0. The van der Waals surface area contributed by atoms with Crippen molar-refractivity contribution in [3.05, 3.63) is 0 Å². The second-order valence-corrected chi connectivity index (χ2v) is 20.1. The van der Waals surface area contributed by atoms with E-state index in [-0.39, 0.29) is 36.2 Å². The molecule has 9 heteroatoms. The van der Waals surface area contributed by atoms with Crippen molar-refractivity contribution in [3.63, 3.8) is 0 Å². The fraction of sp³-hybridized carbons (Fsp3) is 0.946. The molecule has 0 N–H and O–H groups in total. The van der Waals surface area contributed by atoms with Gasteiger partial charge in [0.05, 0.1) is 25.4 Å². The zero-order valence-electron chi connectivity index (χ0n) is 43.8. The highest BCUT2D eigenvalue weighted by Crippen LogP contribution is 2.30. The Bertz CT molecular complexity index is 1070. The van der Waals surface area contributed by atoms with E-state index in [9.17, 15) is 14.4 Å². The monoisotopic (exact) mass is 922 g/mol. The van der Waals surface area contributed by atoms with E-state index in [1.54, 1.807) is 0 Å². The second-order valence-electron chi connectivity index (χ2n) is 20.1. The van der Waals surface area contributed by atoms with E-state index in [0.717, 1.165) is 109 Å². The molecule has 0 spiro atoms. The Balaban J connectivity index is 2.34. The smallest absolute Gasteiger partial charge is 0.306 e. The van der Waals surface area contributed by atoms with E-state index in [1.807, 2.05) is 0 Å². The number of esters is 3. The van der Waals surface area contributed by atoms with Crippen LogP contribution in [0.2, 0.25) is 0 Å². The van der Waals surface area contributed by atoms with Crippen molar-refractivity contribution in [3.8, 4) is 0 Å². The Morgan fingerprint density at radius 1 is 0.415 bits per heavy atom. The Morgan fingerprint density at radius 3 is 1.15 bits per heavy atom. The lowest BCUT2D eigenvalue weighted by Crippen LogP contribution is -2.27. The minimum absolute atomic E-state index is 0.0322. The van der Waals surface area contributed by atoms with Crippen LogP contribution in [-0.2, 0) is 38.1 Å². The van der Waals surface area contributed by atoms with E-state index >= 15 is 0 Å². The van der Waals surface area contributed by atoms with Crippen molar-refractivity contribution in [1.82, 2.24) is 4.90 Å². The molecule has 1 saturated carbocycles. The molecule has 1 fully saturated rings. The summed E-state index contributed by atoms with van der Waals surface area (Å²) in [6.45, 7) is 12.6. The standard InChI is InChI=1S/C56H107NO8/c1-7-11-23-33-49(34-24-12-8-2)40-45-63-54(58)37-27-18-15-16-20-31-43-61-52-47-51(65-56(60)39-29-22-30-42-57(5)6)48-53(52)62-44-32-21-17-19-28-38-55(59)64-46-41-50(35-25-13-9-3)36-26-14-10-4/h49-53H,7-48H2,1-6H3. The molecule has 384 valence electrons. The van der Waals surface area contributed by atoms with Crippen LogP contribution in [0.5, 0.6) is 0 Å². The summed E-state index contributed by atoms with van der Waals surface area (Å²) in [6.07, 6.45) is 39.4. The molecule has 0 aliphatic heterocycles. The number of rotatable bonds is 48. The molecule has 3 atom stereocenters. The maximum atomic E-state index is 12.7. The SMILES string of the molecule is CCCCCC(CCCCC)CCOC(=O)CCCCCCCCOC1CC(OC(=O)CCCCCN(C)C)CC1OCCCCCCCC(=O)OCCC(CCCCC)CCCCC. The first-order valence-electron chi connectivity index (χ1n) is 28.1. The molecule has 1 aliphatic rings.